The molecule has 0 unspecified atom stereocenters. The number of nitrogens with one attached hydrogen (secondary N) is 1. The summed E-state index contributed by atoms with van der Waals surface area (Å²) in [6.07, 6.45) is 5.59. The van der Waals surface area contributed by atoms with Gasteiger partial charge in [0.25, 0.3) is 0 Å². The van der Waals surface area contributed by atoms with E-state index in [1.807, 2.05) is 11.3 Å². The minimum absolute atomic E-state index is 0.787. The van der Waals surface area contributed by atoms with Crippen molar-refractivity contribution >= 4 is 11.3 Å². The molecule has 1 aliphatic heterocycles. The Balaban J connectivity index is 1.37. The predicted molar refractivity (Wildman–Crippen MR) is 73.3 cm³/mol. The zero-order valence-corrected chi connectivity index (χ0v) is 11.2. The largest absolute Gasteiger partial charge is 0.314 e. The highest BCUT2D eigenvalue weighted by molar-refractivity contribution is 7.09. The van der Waals surface area contributed by atoms with Crippen molar-refractivity contribution in [3.63, 3.8) is 0 Å². The minimum atomic E-state index is 0.787. The standard InChI is InChI=1S/C14H22N2S/c1-2-14(17-9-1)11-16-7-5-13(6-8-16)15-10-12-3-4-12/h1-2,9,12-13,15H,3-8,10-11H2. The maximum absolute atomic E-state index is 3.74. The van der Waals surface area contributed by atoms with Gasteiger partial charge in [-0.3, -0.25) is 4.90 Å². The van der Waals surface area contributed by atoms with E-state index in [9.17, 15) is 0 Å². The van der Waals surface area contributed by atoms with Crippen LogP contribution in [0.2, 0.25) is 0 Å². The first-order valence-electron chi connectivity index (χ1n) is 6.88. The van der Waals surface area contributed by atoms with Crippen LogP contribution in [0.15, 0.2) is 17.5 Å². The van der Waals surface area contributed by atoms with Gasteiger partial charge in [-0.25, -0.2) is 0 Å². The molecule has 1 saturated heterocycles. The molecule has 2 fully saturated rings. The second-order valence-electron chi connectivity index (χ2n) is 5.48. The Bertz CT molecular complexity index is 324. The second-order valence-corrected chi connectivity index (χ2v) is 6.51. The van der Waals surface area contributed by atoms with Crippen LogP contribution in [0, 0.1) is 5.92 Å². The van der Waals surface area contributed by atoms with Crippen molar-refractivity contribution in [2.45, 2.75) is 38.3 Å². The fourth-order valence-corrected chi connectivity index (χ4v) is 3.32. The number of thiophene rings is 1. The van der Waals surface area contributed by atoms with Gasteiger partial charge in [-0.1, -0.05) is 6.07 Å². The van der Waals surface area contributed by atoms with Crippen molar-refractivity contribution in [3.8, 4) is 0 Å². The van der Waals surface area contributed by atoms with Gasteiger partial charge in [-0.2, -0.15) is 0 Å². The third-order valence-corrected chi connectivity index (χ3v) is 4.80. The normalized spacial score (nSPS) is 23.1. The van der Waals surface area contributed by atoms with Crippen molar-refractivity contribution in [2.24, 2.45) is 5.92 Å². The molecular formula is C14H22N2S. The second kappa shape index (κ2) is 5.51. The zero-order valence-electron chi connectivity index (χ0n) is 10.4. The molecule has 2 nitrogen and oxygen atoms in total. The van der Waals surface area contributed by atoms with E-state index in [4.69, 9.17) is 0 Å². The fraction of sp³-hybridized carbons (Fsp3) is 0.714. The molecule has 2 heterocycles. The van der Waals surface area contributed by atoms with Crippen LogP contribution in [0.4, 0.5) is 0 Å². The van der Waals surface area contributed by atoms with Crippen LogP contribution in [0.3, 0.4) is 0 Å². The van der Waals surface area contributed by atoms with E-state index >= 15 is 0 Å². The first kappa shape index (κ1) is 11.7. The number of hydrogen-bond donors (Lipinski definition) is 1. The molecule has 1 aliphatic carbocycles. The summed E-state index contributed by atoms with van der Waals surface area (Å²) in [6, 6.07) is 5.20. The summed E-state index contributed by atoms with van der Waals surface area (Å²) >= 11 is 1.88. The first-order valence-corrected chi connectivity index (χ1v) is 7.76. The molecule has 2 aliphatic rings. The van der Waals surface area contributed by atoms with E-state index in [1.165, 1.54) is 50.2 Å². The van der Waals surface area contributed by atoms with Gasteiger partial charge < -0.3 is 5.32 Å². The third-order valence-electron chi connectivity index (χ3n) is 3.94. The van der Waals surface area contributed by atoms with E-state index < -0.39 is 0 Å². The Morgan fingerprint density at radius 3 is 2.71 bits per heavy atom. The van der Waals surface area contributed by atoms with Gasteiger partial charge >= 0.3 is 0 Å². The summed E-state index contributed by atoms with van der Waals surface area (Å²) in [4.78, 5) is 4.11. The van der Waals surface area contributed by atoms with Gasteiger partial charge in [0, 0.05) is 17.5 Å². The molecule has 1 aromatic heterocycles. The van der Waals surface area contributed by atoms with Crippen LogP contribution in [0.1, 0.15) is 30.6 Å². The Morgan fingerprint density at radius 2 is 2.06 bits per heavy atom. The van der Waals surface area contributed by atoms with Crippen molar-refractivity contribution in [1.29, 1.82) is 0 Å². The summed E-state index contributed by atoms with van der Waals surface area (Å²) in [5.74, 6) is 1.01. The highest BCUT2D eigenvalue weighted by Crippen LogP contribution is 2.28. The van der Waals surface area contributed by atoms with Crippen molar-refractivity contribution in [2.75, 3.05) is 19.6 Å². The molecular weight excluding hydrogens is 228 g/mol. The predicted octanol–water partition coefficient (Wildman–Crippen LogP) is 2.71. The third kappa shape index (κ3) is 3.54. The van der Waals surface area contributed by atoms with Crippen LogP contribution in [0.5, 0.6) is 0 Å². The summed E-state index contributed by atoms with van der Waals surface area (Å²) < 4.78 is 0. The molecule has 1 aromatic rings. The van der Waals surface area contributed by atoms with E-state index in [2.05, 4.69) is 27.7 Å². The number of rotatable bonds is 5. The smallest absolute Gasteiger partial charge is 0.0327 e. The SMILES string of the molecule is c1csc(CN2CCC(NCC3CC3)CC2)c1. The molecule has 1 saturated carbocycles. The summed E-state index contributed by atoms with van der Waals surface area (Å²) in [5.41, 5.74) is 0. The minimum Gasteiger partial charge on any atom is -0.314 e. The first-order chi connectivity index (χ1) is 8.40. The highest BCUT2D eigenvalue weighted by atomic mass is 32.1. The van der Waals surface area contributed by atoms with Gasteiger partial charge in [-0.05, 0) is 62.7 Å². The molecule has 0 aromatic carbocycles. The summed E-state index contributed by atoms with van der Waals surface area (Å²) in [5, 5.41) is 5.92. The maximum atomic E-state index is 3.74. The number of nitrogens with zero attached hydrogens (tertiary/aromatic N) is 1. The van der Waals surface area contributed by atoms with E-state index in [0.29, 0.717) is 0 Å². The fourth-order valence-electron chi connectivity index (χ4n) is 2.57. The van der Waals surface area contributed by atoms with Crippen LogP contribution in [0.25, 0.3) is 0 Å². The summed E-state index contributed by atoms with van der Waals surface area (Å²) in [6.45, 7) is 4.96. The summed E-state index contributed by atoms with van der Waals surface area (Å²) in [7, 11) is 0. The van der Waals surface area contributed by atoms with Crippen LogP contribution >= 0.6 is 11.3 Å². The molecule has 3 heteroatoms. The lowest BCUT2D eigenvalue weighted by molar-refractivity contribution is 0.191. The van der Waals surface area contributed by atoms with Gasteiger partial charge in [-0.15, -0.1) is 11.3 Å². The van der Waals surface area contributed by atoms with Crippen molar-refractivity contribution in [1.82, 2.24) is 10.2 Å². The zero-order chi connectivity index (χ0) is 11.5. The lowest BCUT2D eigenvalue weighted by Gasteiger charge is -2.32. The van der Waals surface area contributed by atoms with Gasteiger partial charge in [0.1, 0.15) is 0 Å². The van der Waals surface area contributed by atoms with Crippen molar-refractivity contribution in [3.05, 3.63) is 22.4 Å². The lowest BCUT2D eigenvalue weighted by Crippen LogP contribution is -2.42. The average Bonchev–Trinajstić information content (AvgIpc) is 3.05. The van der Waals surface area contributed by atoms with E-state index in [1.54, 1.807) is 0 Å². The van der Waals surface area contributed by atoms with E-state index in [-0.39, 0.29) is 0 Å². The topological polar surface area (TPSA) is 15.3 Å². The van der Waals surface area contributed by atoms with Crippen LogP contribution in [-0.2, 0) is 6.54 Å². The van der Waals surface area contributed by atoms with Crippen LogP contribution in [-0.4, -0.2) is 30.6 Å². The van der Waals surface area contributed by atoms with E-state index in [0.717, 1.165) is 18.5 Å². The van der Waals surface area contributed by atoms with Crippen LogP contribution < -0.4 is 5.32 Å². The molecule has 1 N–H and O–H groups in total. The number of piperidine rings is 1. The average molecular weight is 250 g/mol. The van der Waals surface area contributed by atoms with Gasteiger partial charge in [0.05, 0.1) is 0 Å². The maximum Gasteiger partial charge on any atom is 0.0327 e. The number of hydrogen-bond acceptors (Lipinski definition) is 3. The molecule has 0 amide bonds. The molecule has 17 heavy (non-hydrogen) atoms. The number of likely N-dealkylation sites (tertiary alicyclic amines) is 1. The molecule has 0 spiro atoms. The Hall–Kier alpha value is -0.380. The molecule has 94 valence electrons. The molecule has 3 rings (SSSR count). The van der Waals surface area contributed by atoms with Gasteiger partial charge in [0.15, 0.2) is 0 Å². The molecule has 0 radical (unpaired) electrons. The lowest BCUT2D eigenvalue weighted by atomic mass is 10.0. The highest BCUT2D eigenvalue weighted by Gasteiger charge is 2.24. The van der Waals surface area contributed by atoms with Gasteiger partial charge in [0.2, 0.25) is 0 Å². The molecule has 0 bridgehead atoms. The Labute approximate surface area is 108 Å². The van der Waals surface area contributed by atoms with Crippen molar-refractivity contribution < 1.29 is 0 Å². The quantitative estimate of drug-likeness (QED) is 0.864. The monoisotopic (exact) mass is 250 g/mol. The Morgan fingerprint density at radius 1 is 1.24 bits per heavy atom. The Kier molecular flexibility index (Phi) is 3.79. The molecule has 0 atom stereocenters.